The Morgan fingerprint density at radius 2 is 2.24 bits per heavy atom. The molecule has 0 aliphatic carbocycles. The lowest BCUT2D eigenvalue weighted by Crippen LogP contribution is -2.05. The lowest BCUT2D eigenvalue weighted by Gasteiger charge is -2.07. The van der Waals surface area contributed by atoms with Gasteiger partial charge in [-0.05, 0) is 34.5 Å². The monoisotopic (exact) mass is 295 g/mol. The van der Waals surface area contributed by atoms with Crippen LogP contribution in [0, 0.1) is 6.92 Å². The highest BCUT2D eigenvalue weighted by molar-refractivity contribution is 9.10. The summed E-state index contributed by atoms with van der Waals surface area (Å²) in [7, 11) is 1.82. The third-order valence-corrected chi connectivity index (χ3v) is 3.09. The standard InChI is InChI=1S/C11H14BrN5/c1-7-3-9(12)11(14-4-7)15-5-8-6-16-17(2)10(8)13/h3-4,6H,5,13H2,1-2H3,(H,14,15). The highest BCUT2D eigenvalue weighted by Crippen LogP contribution is 2.21. The van der Waals surface area contributed by atoms with Crippen LogP contribution < -0.4 is 11.1 Å². The van der Waals surface area contributed by atoms with Crippen molar-refractivity contribution in [1.29, 1.82) is 0 Å². The Bertz CT molecular complexity index is 535. The molecule has 0 unspecified atom stereocenters. The van der Waals surface area contributed by atoms with Crippen molar-refractivity contribution >= 4 is 27.6 Å². The molecule has 2 rings (SSSR count). The minimum absolute atomic E-state index is 0.605. The molecule has 0 aromatic carbocycles. The van der Waals surface area contributed by atoms with Crippen LogP contribution in [0.5, 0.6) is 0 Å². The van der Waals surface area contributed by atoms with E-state index in [1.165, 1.54) is 0 Å². The highest BCUT2D eigenvalue weighted by atomic mass is 79.9. The van der Waals surface area contributed by atoms with Gasteiger partial charge >= 0.3 is 0 Å². The van der Waals surface area contributed by atoms with Crippen molar-refractivity contribution in [2.45, 2.75) is 13.5 Å². The number of nitrogens with one attached hydrogen (secondary N) is 1. The SMILES string of the molecule is Cc1cnc(NCc2cnn(C)c2N)c(Br)c1. The first kappa shape index (κ1) is 11.9. The summed E-state index contributed by atoms with van der Waals surface area (Å²) in [5.74, 6) is 1.47. The number of hydrogen-bond acceptors (Lipinski definition) is 4. The number of halogens is 1. The van der Waals surface area contributed by atoms with Crippen LogP contribution in [0.1, 0.15) is 11.1 Å². The fraction of sp³-hybridized carbons (Fsp3) is 0.273. The van der Waals surface area contributed by atoms with Crippen molar-refractivity contribution in [1.82, 2.24) is 14.8 Å². The normalized spacial score (nSPS) is 10.5. The van der Waals surface area contributed by atoms with E-state index in [-0.39, 0.29) is 0 Å². The van der Waals surface area contributed by atoms with Crippen molar-refractivity contribution in [3.05, 3.63) is 34.1 Å². The molecule has 0 radical (unpaired) electrons. The van der Waals surface area contributed by atoms with Gasteiger partial charge in [0.1, 0.15) is 11.6 Å². The van der Waals surface area contributed by atoms with Crippen LogP contribution in [-0.2, 0) is 13.6 Å². The molecule has 2 aromatic rings. The predicted octanol–water partition coefficient (Wildman–Crippen LogP) is 2.08. The van der Waals surface area contributed by atoms with E-state index in [9.17, 15) is 0 Å². The minimum Gasteiger partial charge on any atom is -0.384 e. The van der Waals surface area contributed by atoms with Crippen LogP contribution in [0.15, 0.2) is 22.9 Å². The zero-order valence-electron chi connectivity index (χ0n) is 9.74. The lowest BCUT2D eigenvalue weighted by molar-refractivity contribution is 0.778. The van der Waals surface area contributed by atoms with E-state index in [4.69, 9.17) is 5.73 Å². The Kier molecular flexibility index (Phi) is 3.33. The topological polar surface area (TPSA) is 68.8 Å². The summed E-state index contributed by atoms with van der Waals surface area (Å²) >= 11 is 3.47. The van der Waals surface area contributed by atoms with Crippen molar-refractivity contribution < 1.29 is 0 Å². The highest BCUT2D eigenvalue weighted by Gasteiger charge is 2.06. The number of anilines is 2. The molecule has 0 spiro atoms. The molecule has 6 heteroatoms. The zero-order valence-corrected chi connectivity index (χ0v) is 11.3. The van der Waals surface area contributed by atoms with E-state index in [2.05, 4.69) is 31.3 Å². The van der Waals surface area contributed by atoms with E-state index < -0.39 is 0 Å². The molecule has 0 saturated carbocycles. The second-order valence-corrected chi connectivity index (χ2v) is 4.73. The number of pyridine rings is 1. The first-order chi connectivity index (χ1) is 8.08. The van der Waals surface area contributed by atoms with Crippen LogP contribution in [0.3, 0.4) is 0 Å². The molecule has 0 aliphatic rings. The Morgan fingerprint density at radius 1 is 1.47 bits per heavy atom. The van der Waals surface area contributed by atoms with Gasteiger partial charge in [-0.25, -0.2) is 4.98 Å². The van der Waals surface area contributed by atoms with Gasteiger partial charge in [-0.2, -0.15) is 5.10 Å². The smallest absolute Gasteiger partial charge is 0.140 e. The van der Waals surface area contributed by atoms with Gasteiger partial charge in [0.2, 0.25) is 0 Å². The van der Waals surface area contributed by atoms with E-state index in [0.717, 1.165) is 21.4 Å². The number of rotatable bonds is 3. The average Bonchev–Trinajstić information content (AvgIpc) is 2.59. The summed E-state index contributed by atoms with van der Waals surface area (Å²) in [6.45, 7) is 2.61. The van der Waals surface area contributed by atoms with Crippen LogP contribution >= 0.6 is 15.9 Å². The molecule has 5 nitrogen and oxygen atoms in total. The molecule has 0 saturated heterocycles. The van der Waals surface area contributed by atoms with Crippen molar-refractivity contribution in [2.24, 2.45) is 7.05 Å². The van der Waals surface area contributed by atoms with Crippen molar-refractivity contribution in [3.63, 3.8) is 0 Å². The van der Waals surface area contributed by atoms with E-state index in [1.54, 1.807) is 10.9 Å². The summed E-state index contributed by atoms with van der Waals surface area (Å²) in [6, 6.07) is 2.02. The Balaban J connectivity index is 2.10. The van der Waals surface area contributed by atoms with Crippen molar-refractivity contribution in [3.8, 4) is 0 Å². The molecule has 0 amide bonds. The molecule has 0 bridgehead atoms. The number of nitrogens with two attached hydrogens (primary N) is 1. The maximum atomic E-state index is 5.86. The third-order valence-electron chi connectivity index (χ3n) is 2.49. The molecule has 17 heavy (non-hydrogen) atoms. The maximum Gasteiger partial charge on any atom is 0.140 e. The fourth-order valence-corrected chi connectivity index (χ4v) is 2.07. The molecule has 90 valence electrons. The Hall–Kier alpha value is -1.56. The number of aryl methyl sites for hydroxylation is 2. The van der Waals surface area contributed by atoms with Gasteiger partial charge in [0.25, 0.3) is 0 Å². The summed E-state index contributed by atoms with van der Waals surface area (Å²) in [5, 5.41) is 7.30. The summed E-state index contributed by atoms with van der Waals surface area (Å²) in [6.07, 6.45) is 3.57. The van der Waals surface area contributed by atoms with Crippen LogP contribution in [0.25, 0.3) is 0 Å². The Morgan fingerprint density at radius 3 is 2.82 bits per heavy atom. The van der Waals surface area contributed by atoms with Gasteiger partial charge in [0.15, 0.2) is 0 Å². The molecule has 0 fully saturated rings. The van der Waals surface area contributed by atoms with Gasteiger partial charge in [-0.15, -0.1) is 0 Å². The minimum atomic E-state index is 0.605. The quantitative estimate of drug-likeness (QED) is 0.910. The maximum absolute atomic E-state index is 5.86. The summed E-state index contributed by atoms with van der Waals surface area (Å²) in [4.78, 5) is 4.30. The average molecular weight is 296 g/mol. The number of nitrogens with zero attached hydrogens (tertiary/aromatic N) is 3. The van der Waals surface area contributed by atoms with Crippen LogP contribution in [0.2, 0.25) is 0 Å². The molecular weight excluding hydrogens is 282 g/mol. The number of nitrogen functional groups attached to an aromatic ring is 1. The van der Waals surface area contributed by atoms with Gasteiger partial charge in [-0.1, -0.05) is 0 Å². The second-order valence-electron chi connectivity index (χ2n) is 3.88. The van der Waals surface area contributed by atoms with Gasteiger partial charge in [-0.3, -0.25) is 4.68 Å². The third kappa shape index (κ3) is 2.58. The first-order valence-corrected chi connectivity index (χ1v) is 5.99. The van der Waals surface area contributed by atoms with Crippen LogP contribution in [-0.4, -0.2) is 14.8 Å². The molecule has 3 N–H and O–H groups in total. The van der Waals surface area contributed by atoms with E-state index in [0.29, 0.717) is 12.4 Å². The second kappa shape index (κ2) is 4.75. The molecule has 0 atom stereocenters. The number of aromatic nitrogens is 3. The molecule has 2 aromatic heterocycles. The molecule has 0 aliphatic heterocycles. The van der Waals surface area contributed by atoms with E-state index >= 15 is 0 Å². The van der Waals surface area contributed by atoms with Crippen molar-refractivity contribution in [2.75, 3.05) is 11.1 Å². The predicted molar refractivity (Wildman–Crippen MR) is 71.6 cm³/mol. The number of hydrogen-bond donors (Lipinski definition) is 2. The first-order valence-electron chi connectivity index (χ1n) is 5.20. The van der Waals surface area contributed by atoms with Crippen LogP contribution in [0.4, 0.5) is 11.6 Å². The van der Waals surface area contributed by atoms with Gasteiger partial charge < -0.3 is 11.1 Å². The van der Waals surface area contributed by atoms with E-state index in [1.807, 2.05) is 26.2 Å². The Labute approximate surface area is 108 Å². The molecule has 2 heterocycles. The fourth-order valence-electron chi connectivity index (χ4n) is 1.47. The largest absolute Gasteiger partial charge is 0.384 e. The lowest BCUT2D eigenvalue weighted by atomic mass is 10.3. The van der Waals surface area contributed by atoms with Gasteiger partial charge in [0, 0.05) is 25.4 Å². The van der Waals surface area contributed by atoms with Gasteiger partial charge in [0.05, 0.1) is 10.7 Å². The molecular formula is C11H14BrN5. The zero-order chi connectivity index (χ0) is 12.4. The summed E-state index contributed by atoms with van der Waals surface area (Å²) < 4.78 is 2.59. The summed E-state index contributed by atoms with van der Waals surface area (Å²) in [5.41, 5.74) is 7.93.